The number of likely N-dealkylation sites (tertiary alicyclic amines) is 1. The monoisotopic (exact) mass is 376 g/mol. The van der Waals surface area contributed by atoms with Crippen molar-refractivity contribution in [2.45, 2.75) is 19.9 Å². The highest BCUT2D eigenvalue weighted by atomic mass is 16.5. The maximum absolute atomic E-state index is 10.3. The molecule has 2 saturated heterocycles. The number of nitrogens with zero attached hydrogens (tertiary/aromatic N) is 3. The molecular weight excluding hydrogens is 344 g/mol. The Labute approximate surface area is 162 Å². The zero-order valence-corrected chi connectivity index (χ0v) is 16.5. The van der Waals surface area contributed by atoms with Crippen molar-refractivity contribution in [2.75, 3.05) is 59.6 Å². The molecule has 1 atom stereocenters. The van der Waals surface area contributed by atoms with Crippen molar-refractivity contribution in [3.8, 4) is 11.5 Å². The minimum atomic E-state index is 0.172. The van der Waals surface area contributed by atoms with Gasteiger partial charge >= 0.3 is 0 Å². The Morgan fingerprint density at radius 1 is 1.33 bits per heavy atom. The maximum Gasteiger partial charge on any atom is 0.194 e. The molecule has 1 unspecified atom stereocenters. The third kappa shape index (κ3) is 5.26. The molecule has 2 heterocycles. The predicted octanol–water partition coefficient (Wildman–Crippen LogP) is 1.52. The van der Waals surface area contributed by atoms with Gasteiger partial charge in [0.15, 0.2) is 17.5 Å². The fourth-order valence-electron chi connectivity index (χ4n) is 3.77. The zero-order valence-electron chi connectivity index (χ0n) is 16.5. The van der Waals surface area contributed by atoms with E-state index in [1.165, 1.54) is 6.42 Å². The maximum atomic E-state index is 10.3. The van der Waals surface area contributed by atoms with Crippen molar-refractivity contribution in [1.29, 1.82) is 0 Å². The number of aliphatic imine (C=N–C) groups is 1. The van der Waals surface area contributed by atoms with Gasteiger partial charge in [0.2, 0.25) is 0 Å². The standard InChI is InChI=1S/C20H32N4O3/c1-3-21-20(22-13-17-5-4-6-18(26-2)19(17)25)24-8-7-16(15-24)14-23-9-11-27-12-10-23/h4-6,16,25H,3,7-15H2,1-2H3,(H,21,22). The molecule has 7 nitrogen and oxygen atoms in total. The number of methoxy groups -OCH3 is 1. The molecular formula is C20H32N4O3. The van der Waals surface area contributed by atoms with Crippen LogP contribution in [0.2, 0.25) is 0 Å². The number of phenols is 1. The Morgan fingerprint density at radius 3 is 2.89 bits per heavy atom. The second-order valence-corrected chi connectivity index (χ2v) is 7.15. The van der Waals surface area contributed by atoms with Crippen LogP contribution in [0.1, 0.15) is 18.9 Å². The van der Waals surface area contributed by atoms with E-state index >= 15 is 0 Å². The Kier molecular flexibility index (Phi) is 7.18. The molecule has 3 rings (SSSR count). The van der Waals surface area contributed by atoms with Gasteiger partial charge in [-0.05, 0) is 25.3 Å². The number of ether oxygens (including phenoxy) is 2. The van der Waals surface area contributed by atoms with E-state index in [1.54, 1.807) is 13.2 Å². The van der Waals surface area contributed by atoms with E-state index in [0.717, 1.165) is 64.0 Å². The lowest BCUT2D eigenvalue weighted by atomic mass is 10.1. The van der Waals surface area contributed by atoms with E-state index in [0.29, 0.717) is 18.2 Å². The molecule has 0 bridgehead atoms. The van der Waals surface area contributed by atoms with Crippen molar-refractivity contribution >= 4 is 5.96 Å². The van der Waals surface area contributed by atoms with Crippen molar-refractivity contribution in [3.05, 3.63) is 23.8 Å². The van der Waals surface area contributed by atoms with Gasteiger partial charge in [0.05, 0.1) is 26.9 Å². The van der Waals surface area contributed by atoms with Gasteiger partial charge in [-0.3, -0.25) is 4.90 Å². The summed E-state index contributed by atoms with van der Waals surface area (Å²) in [5, 5.41) is 13.7. The summed E-state index contributed by atoms with van der Waals surface area (Å²) in [5.74, 6) is 2.24. The highest BCUT2D eigenvalue weighted by Crippen LogP contribution is 2.30. The normalized spacial score (nSPS) is 21.5. The van der Waals surface area contributed by atoms with Crippen LogP contribution < -0.4 is 10.1 Å². The van der Waals surface area contributed by atoms with Gasteiger partial charge in [0.25, 0.3) is 0 Å². The fourth-order valence-corrected chi connectivity index (χ4v) is 3.77. The topological polar surface area (TPSA) is 69.6 Å². The zero-order chi connectivity index (χ0) is 19.1. The molecule has 0 amide bonds. The molecule has 7 heteroatoms. The number of phenolic OH excluding ortho intramolecular Hbond substituents is 1. The summed E-state index contributed by atoms with van der Waals surface area (Å²) in [6, 6.07) is 5.52. The Hall–Kier alpha value is -1.99. The molecule has 0 saturated carbocycles. The minimum Gasteiger partial charge on any atom is -0.504 e. The second-order valence-electron chi connectivity index (χ2n) is 7.15. The molecule has 2 aliphatic heterocycles. The lowest BCUT2D eigenvalue weighted by molar-refractivity contribution is 0.0315. The Balaban J connectivity index is 1.60. The summed E-state index contributed by atoms with van der Waals surface area (Å²) in [5.41, 5.74) is 0.772. The number of benzene rings is 1. The molecule has 2 aliphatic rings. The second kappa shape index (κ2) is 9.80. The number of aromatic hydroxyl groups is 1. The molecule has 150 valence electrons. The van der Waals surface area contributed by atoms with Crippen LogP contribution in [0.15, 0.2) is 23.2 Å². The highest BCUT2D eigenvalue weighted by Gasteiger charge is 2.27. The average Bonchev–Trinajstić information content (AvgIpc) is 3.15. The molecule has 1 aromatic rings. The third-order valence-electron chi connectivity index (χ3n) is 5.24. The first-order chi connectivity index (χ1) is 13.2. The summed E-state index contributed by atoms with van der Waals surface area (Å²) >= 11 is 0. The minimum absolute atomic E-state index is 0.172. The lowest BCUT2D eigenvalue weighted by Crippen LogP contribution is -2.42. The molecule has 2 N–H and O–H groups in total. The molecule has 2 fully saturated rings. The summed E-state index contributed by atoms with van der Waals surface area (Å²) in [6.07, 6.45) is 1.19. The van der Waals surface area contributed by atoms with E-state index in [2.05, 4.69) is 22.0 Å². The van der Waals surface area contributed by atoms with E-state index in [9.17, 15) is 5.11 Å². The Morgan fingerprint density at radius 2 is 2.15 bits per heavy atom. The molecule has 0 aliphatic carbocycles. The van der Waals surface area contributed by atoms with E-state index in [4.69, 9.17) is 14.5 Å². The number of guanidine groups is 1. The van der Waals surface area contributed by atoms with Crippen LogP contribution in [0.3, 0.4) is 0 Å². The summed E-state index contributed by atoms with van der Waals surface area (Å²) in [7, 11) is 1.56. The van der Waals surface area contributed by atoms with Gasteiger partial charge in [0, 0.05) is 44.8 Å². The third-order valence-corrected chi connectivity index (χ3v) is 5.24. The molecule has 0 spiro atoms. The van der Waals surface area contributed by atoms with Crippen LogP contribution in [-0.2, 0) is 11.3 Å². The molecule has 0 aromatic heterocycles. The van der Waals surface area contributed by atoms with Crippen LogP contribution in [0, 0.1) is 5.92 Å². The van der Waals surface area contributed by atoms with E-state index in [-0.39, 0.29) is 5.75 Å². The van der Waals surface area contributed by atoms with Crippen molar-refractivity contribution < 1.29 is 14.6 Å². The highest BCUT2D eigenvalue weighted by molar-refractivity contribution is 5.80. The number of rotatable bonds is 6. The van der Waals surface area contributed by atoms with Gasteiger partial charge in [-0.2, -0.15) is 0 Å². The van der Waals surface area contributed by atoms with Crippen LogP contribution in [-0.4, -0.2) is 80.5 Å². The first-order valence-corrected chi connectivity index (χ1v) is 9.89. The quantitative estimate of drug-likeness (QED) is 0.580. The summed E-state index contributed by atoms with van der Waals surface area (Å²) in [6.45, 7) is 10.3. The van der Waals surface area contributed by atoms with Gasteiger partial charge < -0.3 is 24.8 Å². The summed E-state index contributed by atoms with van der Waals surface area (Å²) < 4.78 is 10.6. The molecule has 27 heavy (non-hydrogen) atoms. The van der Waals surface area contributed by atoms with Crippen LogP contribution in [0.25, 0.3) is 0 Å². The summed E-state index contributed by atoms with van der Waals surface area (Å²) in [4.78, 5) is 9.61. The molecule has 0 radical (unpaired) electrons. The smallest absolute Gasteiger partial charge is 0.194 e. The number of nitrogens with one attached hydrogen (secondary N) is 1. The van der Waals surface area contributed by atoms with Crippen LogP contribution in [0.5, 0.6) is 11.5 Å². The van der Waals surface area contributed by atoms with Crippen molar-refractivity contribution in [2.24, 2.45) is 10.9 Å². The van der Waals surface area contributed by atoms with Gasteiger partial charge in [0.1, 0.15) is 0 Å². The average molecular weight is 377 g/mol. The van der Waals surface area contributed by atoms with Crippen molar-refractivity contribution in [1.82, 2.24) is 15.1 Å². The fraction of sp³-hybridized carbons (Fsp3) is 0.650. The first kappa shape index (κ1) is 19.8. The predicted molar refractivity (Wildman–Crippen MR) is 106 cm³/mol. The number of hydrogen-bond donors (Lipinski definition) is 2. The lowest BCUT2D eigenvalue weighted by Gasteiger charge is -2.29. The number of para-hydroxylation sites is 1. The number of hydrogen-bond acceptors (Lipinski definition) is 5. The van der Waals surface area contributed by atoms with Crippen LogP contribution in [0.4, 0.5) is 0 Å². The van der Waals surface area contributed by atoms with Gasteiger partial charge in [-0.25, -0.2) is 4.99 Å². The Bertz CT molecular complexity index is 632. The van der Waals surface area contributed by atoms with Crippen molar-refractivity contribution in [3.63, 3.8) is 0 Å². The van der Waals surface area contributed by atoms with Gasteiger partial charge in [-0.15, -0.1) is 0 Å². The van der Waals surface area contributed by atoms with Crippen LogP contribution >= 0.6 is 0 Å². The SMILES string of the molecule is CCNC(=NCc1cccc(OC)c1O)N1CCC(CN2CCOCC2)C1. The molecule has 1 aromatic carbocycles. The van der Waals surface area contributed by atoms with E-state index < -0.39 is 0 Å². The van der Waals surface area contributed by atoms with Gasteiger partial charge in [-0.1, -0.05) is 12.1 Å². The number of morpholine rings is 1. The first-order valence-electron chi connectivity index (χ1n) is 9.89. The largest absolute Gasteiger partial charge is 0.504 e. The van der Waals surface area contributed by atoms with E-state index in [1.807, 2.05) is 12.1 Å².